The minimum Gasteiger partial charge on any atom is -0.374 e. The summed E-state index contributed by atoms with van der Waals surface area (Å²) in [7, 11) is 0. The fourth-order valence-electron chi connectivity index (χ4n) is 2.55. The number of ether oxygens (including phenoxy) is 1. The second-order valence-electron chi connectivity index (χ2n) is 5.39. The van der Waals surface area contributed by atoms with Gasteiger partial charge >= 0.3 is 0 Å². The third-order valence-corrected chi connectivity index (χ3v) is 4.80. The number of morpholine rings is 1. The van der Waals surface area contributed by atoms with Gasteiger partial charge in [-0.15, -0.1) is 16.4 Å². The number of anilines is 1. The topological polar surface area (TPSA) is 63.2 Å². The van der Waals surface area contributed by atoms with E-state index in [0.717, 1.165) is 45.0 Å². The average Bonchev–Trinajstić information content (AvgIpc) is 2.98. The highest BCUT2D eigenvalue weighted by Gasteiger charge is 2.20. The summed E-state index contributed by atoms with van der Waals surface area (Å²) < 4.78 is 5.83. The lowest BCUT2D eigenvalue weighted by Crippen LogP contribution is -2.45. The molecule has 0 amide bonds. The molecule has 2 aromatic heterocycles. The fraction of sp³-hybridized carbons (Fsp3) is 0.533. The highest BCUT2D eigenvalue weighted by atomic mass is 32.1. The van der Waals surface area contributed by atoms with Gasteiger partial charge in [0.1, 0.15) is 5.82 Å². The van der Waals surface area contributed by atoms with Gasteiger partial charge in [0.25, 0.3) is 0 Å². The average molecular weight is 319 g/mol. The Kier molecular flexibility index (Phi) is 5.31. The first kappa shape index (κ1) is 15.3. The summed E-state index contributed by atoms with van der Waals surface area (Å²) in [6, 6.07) is 3.79. The van der Waals surface area contributed by atoms with Gasteiger partial charge in [-0.3, -0.25) is 4.90 Å². The van der Waals surface area contributed by atoms with Crippen molar-refractivity contribution < 1.29 is 4.74 Å². The molecule has 6 nitrogen and oxygen atoms in total. The maximum Gasteiger partial charge on any atom is 0.148 e. The first-order valence-electron chi connectivity index (χ1n) is 7.56. The van der Waals surface area contributed by atoms with Crippen LogP contribution in [0.25, 0.3) is 0 Å². The van der Waals surface area contributed by atoms with Gasteiger partial charge in [-0.2, -0.15) is 5.10 Å². The number of nitrogens with zero attached hydrogens (tertiary/aromatic N) is 4. The molecule has 0 radical (unpaired) electrons. The predicted molar refractivity (Wildman–Crippen MR) is 87.3 cm³/mol. The van der Waals surface area contributed by atoms with Gasteiger partial charge in [0.2, 0.25) is 0 Å². The van der Waals surface area contributed by atoms with Gasteiger partial charge < -0.3 is 10.1 Å². The van der Waals surface area contributed by atoms with Crippen LogP contribution in [-0.4, -0.2) is 59.0 Å². The Hall–Kier alpha value is -1.57. The molecule has 2 aromatic rings. The van der Waals surface area contributed by atoms with E-state index in [4.69, 9.17) is 4.74 Å². The molecule has 22 heavy (non-hydrogen) atoms. The van der Waals surface area contributed by atoms with Crippen LogP contribution in [-0.2, 0) is 11.2 Å². The zero-order valence-electron chi connectivity index (χ0n) is 12.7. The van der Waals surface area contributed by atoms with Crippen molar-refractivity contribution in [3.63, 3.8) is 0 Å². The zero-order chi connectivity index (χ0) is 15.2. The number of nitrogens with one attached hydrogen (secondary N) is 1. The number of thiazole rings is 1. The maximum atomic E-state index is 5.83. The SMILES string of the molecule is Cc1ncsc1CCN1CCO[C@@H](CNc2cccnn2)C1. The summed E-state index contributed by atoms with van der Waals surface area (Å²) in [6.45, 7) is 6.64. The molecular weight excluding hydrogens is 298 g/mol. The minimum atomic E-state index is 0.193. The van der Waals surface area contributed by atoms with Crippen molar-refractivity contribution in [2.24, 2.45) is 0 Å². The summed E-state index contributed by atoms with van der Waals surface area (Å²) in [5, 5.41) is 11.2. The summed E-state index contributed by atoms with van der Waals surface area (Å²) >= 11 is 1.75. The monoisotopic (exact) mass is 319 g/mol. The molecule has 1 atom stereocenters. The molecular formula is C15H21N5OS. The van der Waals surface area contributed by atoms with Crippen LogP contribution in [0.2, 0.25) is 0 Å². The van der Waals surface area contributed by atoms with E-state index in [0.29, 0.717) is 0 Å². The lowest BCUT2D eigenvalue weighted by Gasteiger charge is -2.33. The molecule has 3 rings (SSSR count). The Bertz CT molecular complexity index is 576. The van der Waals surface area contributed by atoms with Crippen molar-refractivity contribution in [3.05, 3.63) is 34.4 Å². The second-order valence-corrected chi connectivity index (χ2v) is 6.33. The minimum absolute atomic E-state index is 0.193. The van der Waals surface area contributed by atoms with Gasteiger partial charge in [0, 0.05) is 37.3 Å². The van der Waals surface area contributed by atoms with Crippen LogP contribution >= 0.6 is 11.3 Å². The van der Waals surface area contributed by atoms with E-state index in [1.54, 1.807) is 17.5 Å². The van der Waals surface area contributed by atoms with Crippen LogP contribution < -0.4 is 5.32 Å². The van der Waals surface area contributed by atoms with Crippen molar-refractivity contribution in [1.29, 1.82) is 0 Å². The third-order valence-electron chi connectivity index (χ3n) is 3.81. The Morgan fingerprint density at radius 3 is 3.23 bits per heavy atom. The molecule has 7 heteroatoms. The first-order valence-corrected chi connectivity index (χ1v) is 8.44. The van der Waals surface area contributed by atoms with E-state index in [9.17, 15) is 0 Å². The quantitative estimate of drug-likeness (QED) is 0.872. The van der Waals surface area contributed by atoms with Crippen molar-refractivity contribution >= 4 is 17.2 Å². The molecule has 0 aliphatic carbocycles. The third kappa shape index (κ3) is 4.22. The molecule has 1 aliphatic heterocycles. The molecule has 0 spiro atoms. The van der Waals surface area contributed by atoms with Crippen molar-refractivity contribution in [2.75, 3.05) is 38.1 Å². The Balaban J connectivity index is 1.44. The second kappa shape index (κ2) is 7.62. The predicted octanol–water partition coefficient (Wildman–Crippen LogP) is 1.60. The van der Waals surface area contributed by atoms with Crippen molar-refractivity contribution in [2.45, 2.75) is 19.4 Å². The summed E-state index contributed by atoms with van der Waals surface area (Å²) in [5.41, 5.74) is 3.09. The van der Waals surface area contributed by atoms with E-state index in [2.05, 4.69) is 32.3 Å². The number of hydrogen-bond acceptors (Lipinski definition) is 7. The Labute approximate surface area is 134 Å². The molecule has 1 aliphatic rings. The van der Waals surface area contributed by atoms with Crippen LogP contribution in [0.4, 0.5) is 5.82 Å². The van der Waals surface area contributed by atoms with Crippen LogP contribution in [0.5, 0.6) is 0 Å². The van der Waals surface area contributed by atoms with E-state index in [1.807, 2.05) is 17.6 Å². The number of rotatable bonds is 6. The Morgan fingerprint density at radius 1 is 1.50 bits per heavy atom. The van der Waals surface area contributed by atoms with Gasteiger partial charge in [-0.1, -0.05) is 0 Å². The van der Waals surface area contributed by atoms with E-state index in [1.165, 1.54) is 10.6 Å². The standard InChI is InChI=1S/C15H21N5OS/c1-12-14(22-11-17-12)4-6-20-7-8-21-13(10-20)9-16-15-3-2-5-18-19-15/h2-3,5,11,13H,4,6-10H2,1H3,(H,16,19)/t13-/m0/s1. The largest absolute Gasteiger partial charge is 0.374 e. The first-order chi connectivity index (χ1) is 10.8. The van der Waals surface area contributed by atoms with Crippen LogP contribution in [0.3, 0.4) is 0 Å². The molecule has 1 N–H and O–H groups in total. The van der Waals surface area contributed by atoms with Crippen molar-refractivity contribution in [3.8, 4) is 0 Å². The number of hydrogen-bond donors (Lipinski definition) is 1. The van der Waals surface area contributed by atoms with Gasteiger partial charge in [-0.05, 0) is 25.5 Å². The molecule has 0 bridgehead atoms. The van der Waals surface area contributed by atoms with Gasteiger partial charge in [0.05, 0.1) is 23.9 Å². The molecule has 1 saturated heterocycles. The van der Waals surface area contributed by atoms with Crippen molar-refractivity contribution in [1.82, 2.24) is 20.1 Å². The van der Waals surface area contributed by atoms with E-state index in [-0.39, 0.29) is 6.10 Å². The fourth-order valence-corrected chi connectivity index (χ4v) is 3.32. The highest BCUT2D eigenvalue weighted by molar-refractivity contribution is 7.09. The molecule has 0 aromatic carbocycles. The summed E-state index contributed by atoms with van der Waals surface area (Å²) in [4.78, 5) is 8.16. The van der Waals surface area contributed by atoms with Crippen LogP contribution in [0, 0.1) is 6.92 Å². The normalized spacial score (nSPS) is 19.2. The summed E-state index contributed by atoms with van der Waals surface area (Å²) in [6.07, 6.45) is 2.94. The molecule has 0 unspecified atom stereocenters. The zero-order valence-corrected chi connectivity index (χ0v) is 13.6. The van der Waals surface area contributed by atoms with Crippen LogP contribution in [0.15, 0.2) is 23.8 Å². The molecule has 0 saturated carbocycles. The lowest BCUT2D eigenvalue weighted by atomic mass is 10.2. The van der Waals surface area contributed by atoms with E-state index >= 15 is 0 Å². The molecule has 118 valence electrons. The lowest BCUT2D eigenvalue weighted by molar-refractivity contribution is -0.0206. The highest BCUT2D eigenvalue weighted by Crippen LogP contribution is 2.14. The molecule has 1 fully saturated rings. The number of aryl methyl sites for hydroxylation is 1. The van der Waals surface area contributed by atoms with Gasteiger partial charge in [-0.25, -0.2) is 4.98 Å². The van der Waals surface area contributed by atoms with Gasteiger partial charge in [0.15, 0.2) is 0 Å². The molecule has 3 heterocycles. The maximum absolute atomic E-state index is 5.83. The van der Waals surface area contributed by atoms with Crippen LogP contribution in [0.1, 0.15) is 10.6 Å². The summed E-state index contributed by atoms with van der Waals surface area (Å²) in [5.74, 6) is 0.795. The number of aromatic nitrogens is 3. The van der Waals surface area contributed by atoms with E-state index < -0.39 is 0 Å². The Morgan fingerprint density at radius 2 is 2.45 bits per heavy atom. The smallest absolute Gasteiger partial charge is 0.148 e.